The molecule has 0 atom stereocenters. The van der Waals surface area contributed by atoms with Gasteiger partial charge < -0.3 is 5.73 Å². The zero-order valence-electron chi connectivity index (χ0n) is 7.88. The summed E-state index contributed by atoms with van der Waals surface area (Å²) < 4.78 is 1.04. The summed E-state index contributed by atoms with van der Waals surface area (Å²) in [4.78, 5) is 1.18. The summed E-state index contributed by atoms with van der Waals surface area (Å²) in [7, 11) is 0. The molecule has 0 aliphatic heterocycles. The Morgan fingerprint density at radius 3 is 2.69 bits per heavy atom. The van der Waals surface area contributed by atoms with E-state index in [1.54, 1.807) is 0 Å². The molecule has 0 radical (unpaired) electrons. The summed E-state index contributed by atoms with van der Waals surface area (Å²) in [5.74, 6) is 1.82. The molecule has 1 rings (SSSR count). The highest BCUT2D eigenvalue weighted by atomic mass is 79.9. The van der Waals surface area contributed by atoms with E-state index in [4.69, 9.17) is 5.73 Å². The largest absolute Gasteiger partial charge is 0.398 e. The lowest BCUT2D eigenvalue weighted by Gasteiger charge is -2.07. The molecule has 0 saturated heterocycles. The van der Waals surface area contributed by atoms with Crippen LogP contribution in [0.1, 0.15) is 13.8 Å². The van der Waals surface area contributed by atoms with E-state index in [0.717, 1.165) is 15.9 Å². The zero-order valence-corrected chi connectivity index (χ0v) is 10.3. The van der Waals surface area contributed by atoms with Crippen LogP contribution in [-0.4, -0.2) is 5.75 Å². The molecule has 3 heteroatoms. The molecule has 0 aliphatic carbocycles. The monoisotopic (exact) mass is 259 g/mol. The van der Waals surface area contributed by atoms with Gasteiger partial charge in [-0.2, -0.15) is 0 Å². The van der Waals surface area contributed by atoms with E-state index in [-0.39, 0.29) is 0 Å². The van der Waals surface area contributed by atoms with Crippen molar-refractivity contribution in [1.29, 1.82) is 0 Å². The number of anilines is 1. The number of halogens is 1. The first-order valence-electron chi connectivity index (χ1n) is 4.27. The lowest BCUT2D eigenvalue weighted by molar-refractivity contribution is 0.750. The predicted octanol–water partition coefficient (Wildman–Crippen LogP) is 3.78. The molecule has 72 valence electrons. The highest BCUT2D eigenvalue weighted by Gasteiger charge is 2.01. The minimum Gasteiger partial charge on any atom is -0.398 e. The lowest BCUT2D eigenvalue weighted by Crippen LogP contribution is -1.93. The van der Waals surface area contributed by atoms with Crippen molar-refractivity contribution in [2.75, 3.05) is 11.5 Å². The van der Waals surface area contributed by atoms with E-state index in [0.29, 0.717) is 5.92 Å². The van der Waals surface area contributed by atoms with Crippen LogP contribution in [0.3, 0.4) is 0 Å². The van der Waals surface area contributed by atoms with Crippen LogP contribution < -0.4 is 5.73 Å². The first-order chi connectivity index (χ1) is 6.09. The van der Waals surface area contributed by atoms with Gasteiger partial charge >= 0.3 is 0 Å². The SMILES string of the molecule is CC(C)CSc1ccc(Br)cc1N. The summed E-state index contributed by atoms with van der Waals surface area (Å²) in [5, 5.41) is 0. The van der Waals surface area contributed by atoms with Gasteiger partial charge in [0.25, 0.3) is 0 Å². The fourth-order valence-corrected chi connectivity index (χ4v) is 2.19. The third-order valence-electron chi connectivity index (χ3n) is 1.54. The van der Waals surface area contributed by atoms with Gasteiger partial charge in [0.05, 0.1) is 0 Å². The maximum atomic E-state index is 5.86. The Hall–Kier alpha value is -0.150. The first-order valence-corrected chi connectivity index (χ1v) is 6.05. The van der Waals surface area contributed by atoms with Crippen molar-refractivity contribution < 1.29 is 0 Å². The van der Waals surface area contributed by atoms with Gasteiger partial charge in [-0.15, -0.1) is 11.8 Å². The first kappa shape index (κ1) is 10.9. The maximum Gasteiger partial charge on any atom is 0.0463 e. The van der Waals surface area contributed by atoms with Gasteiger partial charge in [0.2, 0.25) is 0 Å². The average Bonchev–Trinajstić information content (AvgIpc) is 2.02. The van der Waals surface area contributed by atoms with Crippen LogP contribution >= 0.6 is 27.7 Å². The molecule has 1 nitrogen and oxygen atoms in total. The van der Waals surface area contributed by atoms with Crippen molar-refractivity contribution in [3.8, 4) is 0 Å². The second-order valence-corrected chi connectivity index (χ2v) is 5.36. The second kappa shape index (κ2) is 4.91. The molecule has 0 unspecified atom stereocenters. The number of hydrogen-bond acceptors (Lipinski definition) is 2. The molecular weight excluding hydrogens is 246 g/mol. The molecule has 0 spiro atoms. The molecule has 0 heterocycles. The van der Waals surface area contributed by atoms with E-state index in [1.807, 2.05) is 23.9 Å². The predicted molar refractivity (Wildman–Crippen MR) is 64.1 cm³/mol. The van der Waals surface area contributed by atoms with Gasteiger partial charge in [0, 0.05) is 20.8 Å². The molecule has 0 aromatic heterocycles. The Morgan fingerprint density at radius 1 is 1.46 bits per heavy atom. The molecule has 0 bridgehead atoms. The van der Waals surface area contributed by atoms with Crippen LogP contribution in [0.5, 0.6) is 0 Å². The van der Waals surface area contributed by atoms with E-state index >= 15 is 0 Å². The van der Waals surface area contributed by atoms with Gasteiger partial charge in [-0.05, 0) is 24.1 Å². The van der Waals surface area contributed by atoms with Gasteiger partial charge in [-0.25, -0.2) is 0 Å². The van der Waals surface area contributed by atoms with Crippen LogP contribution in [0.15, 0.2) is 27.6 Å². The number of benzene rings is 1. The van der Waals surface area contributed by atoms with Crippen molar-refractivity contribution in [3.63, 3.8) is 0 Å². The van der Waals surface area contributed by atoms with Crippen LogP contribution in [0.2, 0.25) is 0 Å². The average molecular weight is 260 g/mol. The maximum absolute atomic E-state index is 5.86. The third kappa shape index (κ3) is 3.61. The van der Waals surface area contributed by atoms with Crippen LogP contribution in [0, 0.1) is 5.92 Å². The van der Waals surface area contributed by atoms with Crippen molar-refractivity contribution in [2.45, 2.75) is 18.7 Å². The van der Waals surface area contributed by atoms with Crippen LogP contribution in [0.25, 0.3) is 0 Å². The number of thioether (sulfide) groups is 1. The van der Waals surface area contributed by atoms with Gasteiger partial charge in [-0.3, -0.25) is 0 Å². The summed E-state index contributed by atoms with van der Waals surface area (Å²) in [6.45, 7) is 4.42. The van der Waals surface area contributed by atoms with Crippen molar-refractivity contribution in [3.05, 3.63) is 22.7 Å². The topological polar surface area (TPSA) is 26.0 Å². The number of nitrogens with two attached hydrogens (primary N) is 1. The molecule has 2 N–H and O–H groups in total. The minimum atomic E-state index is 0.702. The Kier molecular flexibility index (Phi) is 4.13. The minimum absolute atomic E-state index is 0.702. The summed E-state index contributed by atoms with van der Waals surface area (Å²) >= 11 is 5.21. The molecule has 1 aromatic carbocycles. The number of hydrogen-bond donors (Lipinski definition) is 1. The summed E-state index contributed by atoms with van der Waals surface area (Å²) in [6, 6.07) is 6.04. The molecule has 1 aromatic rings. The molecule has 13 heavy (non-hydrogen) atoms. The second-order valence-electron chi connectivity index (χ2n) is 3.39. The quantitative estimate of drug-likeness (QED) is 0.661. The van der Waals surface area contributed by atoms with Crippen LogP contribution in [0.4, 0.5) is 5.69 Å². The van der Waals surface area contributed by atoms with E-state index < -0.39 is 0 Å². The fourth-order valence-electron chi connectivity index (χ4n) is 0.907. The molecule has 0 fully saturated rings. The van der Waals surface area contributed by atoms with Gasteiger partial charge in [0.15, 0.2) is 0 Å². The standard InChI is InChI=1S/C10H14BrNS/c1-7(2)6-13-10-4-3-8(11)5-9(10)12/h3-5,7H,6,12H2,1-2H3. The molecule has 0 saturated carbocycles. The van der Waals surface area contributed by atoms with E-state index in [1.165, 1.54) is 4.90 Å². The Bertz CT molecular complexity index is 286. The Balaban J connectivity index is 2.67. The van der Waals surface area contributed by atoms with Crippen molar-refractivity contribution >= 4 is 33.4 Å². The third-order valence-corrected chi connectivity index (χ3v) is 3.55. The van der Waals surface area contributed by atoms with Gasteiger partial charge in [0.1, 0.15) is 0 Å². The fraction of sp³-hybridized carbons (Fsp3) is 0.400. The normalized spacial score (nSPS) is 10.8. The van der Waals surface area contributed by atoms with Crippen molar-refractivity contribution in [2.24, 2.45) is 5.92 Å². The molecule has 0 aliphatic rings. The number of rotatable bonds is 3. The summed E-state index contributed by atoms with van der Waals surface area (Å²) in [5.41, 5.74) is 6.72. The summed E-state index contributed by atoms with van der Waals surface area (Å²) in [6.07, 6.45) is 0. The highest BCUT2D eigenvalue weighted by Crippen LogP contribution is 2.28. The van der Waals surface area contributed by atoms with E-state index in [2.05, 4.69) is 35.8 Å². The molecule has 0 amide bonds. The molecular formula is C10H14BrNS. The van der Waals surface area contributed by atoms with Crippen LogP contribution in [-0.2, 0) is 0 Å². The van der Waals surface area contributed by atoms with Crippen molar-refractivity contribution in [1.82, 2.24) is 0 Å². The Labute approximate surface area is 92.2 Å². The highest BCUT2D eigenvalue weighted by molar-refractivity contribution is 9.10. The number of nitrogen functional groups attached to an aromatic ring is 1. The zero-order chi connectivity index (χ0) is 9.84. The van der Waals surface area contributed by atoms with Gasteiger partial charge in [-0.1, -0.05) is 29.8 Å². The van der Waals surface area contributed by atoms with E-state index in [9.17, 15) is 0 Å². The Morgan fingerprint density at radius 2 is 2.15 bits per heavy atom. The lowest BCUT2D eigenvalue weighted by atomic mass is 10.3. The smallest absolute Gasteiger partial charge is 0.0463 e.